The van der Waals surface area contributed by atoms with E-state index in [-0.39, 0.29) is 18.2 Å². The number of rotatable bonds is 7. The van der Waals surface area contributed by atoms with E-state index in [0.717, 1.165) is 17.7 Å². The molecule has 0 saturated carbocycles. The number of hydrogen-bond donors (Lipinski definition) is 1. The van der Waals surface area contributed by atoms with Crippen molar-refractivity contribution in [2.24, 2.45) is 5.92 Å². The summed E-state index contributed by atoms with van der Waals surface area (Å²) in [5, 5.41) is 3.25. The SMILES string of the molecule is CCC(C)c1ccccc1N1CC(C(=O)Nc2cc(OC)c(Cl)cc2OC)CC1=O. The topological polar surface area (TPSA) is 67.9 Å². The summed E-state index contributed by atoms with van der Waals surface area (Å²) in [7, 11) is 3.00. The molecule has 7 heteroatoms. The summed E-state index contributed by atoms with van der Waals surface area (Å²) < 4.78 is 10.6. The van der Waals surface area contributed by atoms with Gasteiger partial charge in [0.2, 0.25) is 11.8 Å². The number of halogens is 1. The number of carbonyl (C=O) groups excluding carboxylic acids is 2. The van der Waals surface area contributed by atoms with Crippen molar-refractivity contribution in [1.29, 1.82) is 0 Å². The summed E-state index contributed by atoms with van der Waals surface area (Å²) in [6, 6.07) is 11.1. The van der Waals surface area contributed by atoms with Gasteiger partial charge in [-0.1, -0.05) is 43.6 Å². The van der Waals surface area contributed by atoms with Crippen molar-refractivity contribution in [3.63, 3.8) is 0 Å². The Hall–Kier alpha value is -2.73. The highest BCUT2D eigenvalue weighted by Gasteiger charge is 2.36. The molecule has 1 aliphatic rings. The monoisotopic (exact) mass is 430 g/mol. The van der Waals surface area contributed by atoms with Gasteiger partial charge < -0.3 is 19.7 Å². The van der Waals surface area contributed by atoms with Crippen molar-refractivity contribution in [3.8, 4) is 11.5 Å². The van der Waals surface area contributed by atoms with Gasteiger partial charge in [-0.3, -0.25) is 9.59 Å². The Kier molecular flexibility index (Phi) is 6.87. The number of nitrogens with zero attached hydrogens (tertiary/aromatic N) is 1. The lowest BCUT2D eigenvalue weighted by atomic mass is 9.96. The smallest absolute Gasteiger partial charge is 0.229 e. The molecule has 6 nitrogen and oxygen atoms in total. The first-order valence-electron chi connectivity index (χ1n) is 10.0. The standard InChI is InChI=1S/C23H27ClN2O4/c1-5-14(2)16-8-6-7-9-19(16)26-13-15(10-22(26)27)23(28)25-18-12-20(29-3)17(24)11-21(18)30-4/h6-9,11-12,14-15H,5,10,13H2,1-4H3,(H,25,28). The maximum atomic E-state index is 12.9. The fraction of sp³-hybridized carbons (Fsp3) is 0.391. The van der Waals surface area contributed by atoms with Crippen LogP contribution in [0.2, 0.25) is 5.02 Å². The molecular formula is C23H27ClN2O4. The molecule has 1 fully saturated rings. The number of ether oxygens (including phenoxy) is 2. The highest BCUT2D eigenvalue weighted by atomic mass is 35.5. The summed E-state index contributed by atoms with van der Waals surface area (Å²) in [6.07, 6.45) is 1.13. The first-order chi connectivity index (χ1) is 14.4. The Balaban J connectivity index is 1.80. The van der Waals surface area contributed by atoms with Crippen molar-refractivity contribution in [2.75, 3.05) is 31.0 Å². The van der Waals surface area contributed by atoms with Crippen molar-refractivity contribution in [1.82, 2.24) is 0 Å². The van der Waals surface area contributed by atoms with Crippen LogP contribution in [0.25, 0.3) is 0 Å². The molecule has 1 heterocycles. The Labute approximate surface area is 182 Å². The van der Waals surface area contributed by atoms with E-state index in [9.17, 15) is 9.59 Å². The van der Waals surface area contributed by atoms with Gasteiger partial charge in [-0.05, 0) is 24.0 Å². The molecule has 0 bridgehead atoms. The van der Waals surface area contributed by atoms with Crippen LogP contribution in [0.15, 0.2) is 36.4 Å². The third-order valence-electron chi connectivity index (χ3n) is 5.60. The third-order valence-corrected chi connectivity index (χ3v) is 5.89. The van der Waals surface area contributed by atoms with Gasteiger partial charge in [-0.25, -0.2) is 0 Å². The predicted molar refractivity (Wildman–Crippen MR) is 119 cm³/mol. The average Bonchev–Trinajstić information content (AvgIpc) is 3.15. The van der Waals surface area contributed by atoms with Gasteiger partial charge in [0, 0.05) is 30.8 Å². The van der Waals surface area contributed by atoms with Gasteiger partial charge in [0.1, 0.15) is 11.5 Å². The fourth-order valence-corrected chi connectivity index (χ4v) is 3.91. The molecule has 0 aromatic heterocycles. The third kappa shape index (κ3) is 4.38. The largest absolute Gasteiger partial charge is 0.495 e. The molecule has 1 saturated heterocycles. The van der Waals surface area contributed by atoms with Crippen molar-refractivity contribution in [3.05, 3.63) is 47.0 Å². The quantitative estimate of drug-likeness (QED) is 0.680. The van der Waals surface area contributed by atoms with Gasteiger partial charge in [0.05, 0.1) is 30.8 Å². The van der Waals surface area contributed by atoms with E-state index >= 15 is 0 Å². The minimum absolute atomic E-state index is 0.0495. The van der Waals surface area contributed by atoms with E-state index in [1.165, 1.54) is 14.2 Å². The Morgan fingerprint density at radius 1 is 1.23 bits per heavy atom. The van der Waals surface area contributed by atoms with Crippen molar-refractivity contribution < 1.29 is 19.1 Å². The molecule has 160 valence electrons. The summed E-state index contributed by atoms with van der Waals surface area (Å²) >= 11 is 6.13. The second-order valence-corrected chi connectivity index (χ2v) is 7.86. The molecule has 2 atom stereocenters. The molecule has 0 spiro atoms. The molecule has 1 N–H and O–H groups in total. The maximum absolute atomic E-state index is 12.9. The zero-order valence-corrected chi connectivity index (χ0v) is 18.5. The zero-order chi connectivity index (χ0) is 21.8. The molecule has 1 aliphatic heterocycles. The lowest BCUT2D eigenvalue weighted by molar-refractivity contribution is -0.122. The highest BCUT2D eigenvalue weighted by Crippen LogP contribution is 2.37. The number of anilines is 2. The van der Waals surface area contributed by atoms with Crippen LogP contribution >= 0.6 is 11.6 Å². The zero-order valence-electron chi connectivity index (χ0n) is 17.7. The van der Waals surface area contributed by atoms with Crippen molar-refractivity contribution >= 4 is 34.8 Å². The summed E-state index contributed by atoms with van der Waals surface area (Å²) in [4.78, 5) is 27.4. The molecule has 0 aliphatic carbocycles. The molecule has 2 aromatic rings. The maximum Gasteiger partial charge on any atom is 0.229 e. The number of methoxy groups -OCH3 is 2. The van der Waals surface area contributed by atoms with Crippen LogP contribution in [0.5, 0.6) is 11.5 Å². The molecule has 2 aromatic carbocycles. The number of benzene rings is 2. The Bertz CT molecular complexity index is 947. The van der Waals surface area contributed by atoms with Gasteiger partial charge >= 0.3 is 0 Å². The van der Waals surface area contributed by atoms with E-state index in [2.05, 4.69) is 25.2 Å². The first-order valence-corrected chi connectivity index (χ1v) is 10.4. The lowest BCUT2D eigenvalue weighted by Gasteiger charge is -2.23. The average molecular weight is 431 g/mol. The second-order valence-electron chi connectivity index (χ2n) is 7.45. The summed E-state index contributed by atoms with van der Waals surface area (Å²) in [5.41, 5.74) is 2.46. The van der Waals surface area contributed by atoms with E-state index in [1.54, 1.807) is 17.0 Å². The van der Waals surface area contributed by atoms with Crippen LogP contribution in [-0.4, -0.2) is 32.6 Å². The lowest BCUT2D eigenvalue weighted by Crippen LogP contribution is -2.29. The van der Waals surface area contributed by atoms with E-state index in [1.807, 2.05) is 18.2 Å². The van der Waals surface area contributed by atoms with Crippen LogP contribution in [-0.2, 0) is 9.59 Å². The van der Waals surface area contributed by atoms with Crippen LogP contribution in [0.4, 0.5) is 11.4 Å². The number of hydrogen-bond acceptors (Lipinski definition) is 4. The predicted octanol–water partition coefficient (Wildman–Crippen LogP) is 4.86. The number of amides is 2. The van der Waals surface area contributed by atoms with E-state index < -0.39 is 5.92 Å². The summed E-state index contributed by atoms with van der Waals surface area (Å²) in [6.45, 7) is 4.60. The number of para-hydroxylation sites is 1. The van der Waals surface area contributed by atoms with E-state index in [4.69, 9.17) is 21.1 Å². The first kappa shape index (κ1) is 22.0. The van der Waals surface area contributed by atoms with E-state index in [0.29, 0.717) is 34.7 Å². The summed E-state index contributed by atoms with van der Waals surface area (Å²) in [5.74, 6) is 0.430. The highest BCUT2D eigenvalue weighted by molar-refractivity contribution is 6.32. The molecule has 2 unspecified atom stereocenters. The van der Waals surface area contributed by atoms with Gasteiger partial charge in [-0.15, -0.1) is 0 Å². The Morgan fingerprint density at radius 3 is 2.60 bits per heavy atom. The molecule has 0 radical (unpaired) electrons. The van der Waals surface area contributed by atoms with Crippen LogP contribution in [0.1, 0.15) is 38.2 Å². The normalized spacial score (nSPS) is 17.0. The Morgan fingerprint density at radius 2 is 1.93 bits per heavy atom. The van der Waals surface area contributed by atoms with Gasteiger partial charge in [0.15, 0.2) is 0 Å². The van der Waals surface area contributed by atoms with Gasteiger partial charge in [0.25, 0.3) is 0 Å². The van der Waals surface area contributed by atoms with Crippen molar-refractivity contribution in [2.45, 2.75) is 32.6 Å². The second kappa shape index (κ2) is 9.39. The minimum Gasteiger partial charge on any atom is -0.495 e. The molecule has 2 amide bonds. The van der Waals surface area contributed by atoms with Crippen LogP contribution in [0.3, 0.4) is 0 Å². The number of carbonyl (C=O) groups is 2. The fourth-order valence-electron chi connectivity index (χ4n) is 3.68. The molecule has 3 rings (SSSR count). The minimum atomic E-state index is -0.464. The molecule has 30 heavy (non-hydrogen) atoms. The van der Waals surface area contributed by atoms with Crippen LogP contribution < -0.4 is 19.7 Å². The van der Waals surface area contributed by atoms with Gasteiger partial charge in [-0.2, -0.15) is 0 Å². The molecular weight excluding hydrogens is 404 g/mol. The van der Waals surface area contributed by atoms with Crippen LogP contribution in [0, 0.1) is 5.92 Å². The number of nitrogens with one attached hydrogen (secondary N) is 1.